The highest BCUT2D eigenvalue weighted by Gasteiger charge is 2.37. The summed E-state index contributed by atoms with van der Waals surface area (Å²) >= 11 is 0. The van der Waals surface area contributed by atoms with E-state index < -0.39 is 12.2 Å². The lowest BCUT2D eigenvalue weighted by atomic mass is 9.83. The molecule has 0 spiro atoms. The van der Waals surface area contributed by atoms with E-state index in [2.05, 4.69) is 40.2 Å². The molecule has 210 valence electrons. The van der Waals surface area contributed by atoms with Gasteiger partial charge in [-0.1, -0.05) is 6.58 Å². The number of hydrogen-bond acceptors (Lipinski definition) is 7. The zero-order valence-electron chi connectivity index (χ0n) is 22.7. The minimum Gasteiger partial charge on any atom is -0.376 e. The minimum absolute atomic E-state index is 0.00931. The van der Waals surface area contributed by atoms with Gasteiger partial charge in [0, 0.05) is 30.9 Å². The molecule has 3 heterocycles. The summed E-state index contributed by atoms with van der Waals surface area (Å²) in [6.07, 6.45) is 6.33. The van der Waals surface area contributed by atoms with Gasteiger partial charge in [0.25, 0.3) is 0 Å². The van der Waals surface area contributed by atoms with E-state index in [1.54, 1.807) is 0 Å². The first-order chi connectivity index (χ1) is 17.7. The Kier molecular flexibility index (Phi) is 9.83. The summed E-state index contributed by atoms with van der Waals surface area (Å²) in [5.41, 5.74) is 3.62. The summed E-state index contributed by atoms with van der Waals surface area (Å²) in [6, 6.07) is -0.571. The van der Waals surface area contributed by atoms with Gasteiger partial charge in [-0.05, 0) is 78.1 Å². The maximum atomic E-state index is 13.6. The average Bonchev–Trinajstić information content (AvgIpc) is 3.54. The Labute approximate surface area is 221 Å². The third-order valence-corrected chi connectivity index (χ3v) is 8.67. The molecule has 5 N–H and O–H groups in total. The number of hydrogen-bond donors (Lipinski definition) is 5. The van der Waals surface area contributed by atoms with Gasteiger partial charge >= 0.3 is 0 Å². The Bertz CT molecular complexity index is 807. The first-order valence-electron chi connectivity index (χ1n) is 14.3. The van der Waals surface area contributed by atoms with E-state index >= 15 is 0 Å². The number of likely N-dealkylation sites (tertiary alicyclic amines) is 1. The molecule has 37 heavy (non-hydrogen) atoms. The largest absolute Gasteiger partial charge is 0.376 e. The highest BCUT2D eigenvalue weighted by Crippen LogP contribution is 2.29. The SMILES string of the molecule is C=C(N[C@@H](CC(=O)N1CCCC[C@@H]1C)C(=O)N[C@@H](C)C1NCC(C2CCC(F)CC2)N1)C1CC(C)ON1. The van der Waals surface area contributed by atoms with Gasteiger partial charge < -0.3 is 15.5 Å². The lowest BCUT2D eigenvalue weighted by molar-refractivity contribution is -0.137. The Morgan fingerprint density at radius 2 is 1.89 bits per heavy atom. The van der Waals surface area contributed by atoms with Crippen LogP contribution in [0.3, 0.4) is 0 Å². The van der Waals surface area contributed by atoms with Crippen molar-refractivity contribution in [3.8, 4) is 0 Å². The molecule has 0 aromatic heterocycles. The average molecular weight is 523 g/mol. The molecule has 1 aliphatic carbocycles. The molecular weight excluding hydrogens is 475 g/mol. The van der Waals surface area contributed by atoms with Gasteiger partial charge in [-0.2, -0.15) is 5.48 Å². The summed E-state index contributed by atoms with van der Waals surface area (Å²) in [7, 11) is 0. The predicted octanol–water partition coefficient (Wildman–Crippen LogP) is 1.85. The van der Waals surface area contributed by atoms with E-state index in [0.717, 1.165) is 51.6 Å². The van der Waals surface area contributed by atoms with Crippen LogP contribution in [0, 0.1) is 5.92 Å². The summed E-state index contributed by atoms with van der Waals surface area (Å²) in [4.78, 5) is 34.1. The molecule has 9 nitrogen and oxygen atoms in total. The fraction of sp³-hybridized carbons (Fsp3) is 0.852. The first kappa shape index (κ1) is 28.3. The molecule has 7 atom stereocenters. The highest BCUT2D eigenvalue weighted by molar-refractivity contribution is 5.89. The Balaban J connectivity index is 1.35. The van der Waals surface area contributed by atoms with Crippen LogP contribution in [0.2, 0.25) is 0 Å². The number of nitrogens with zero attached hydrogens (tertiary/aromatic N) is 1. The lowest BCUT2D eigenvalue weighted by Gasteiger charge is -2.35. The molecule has 10 heteroatoms. The molecule has 3 aliphatic heterocycles. The van der Waals surface area contributed by atoms with Crippen LogP contribution in [0.25, 0.3) is 0 Å². The van der Waals surface area contributed by atoms with Crippen molar-refractivity contribution in [2.45, 2.75) is 127 Å². The molecule has 0 radical (unpaired) electrons. The second kappa shape index (κ2) is 12.9. The molecule has 4 fully saturated rings. The molecule has 0 bridgehead atoms. The second-order valence-electron chi connectivity index (χ2n) is 11.7. The van der Waals surface area contributed by atoms with Gasteiger partial charge in [0.15, 0.2) is 0 Å². The van der Waals surface area contributed by atoms with Crippen molar-refractivity contribution in [3.05, 3.63) is 12.3 Å². The topological polar surface area (TPSA) is 107 Å². The van der Waals surface area contributed by atoms with Gasteiger partial charge in [0.05, 0.1) is 30.8 Å². The van der Waals surface area contributed by atoms with E-state index in [9.17, 15) is 14.0 Å². The van der Waals surface area contributed by atoms with E-state index in [0.29, 0.717) is 24.5 Å². The number of amides is 2. The fourth-order valence-electron chi connectivity index (χ4n) is 6.25. The van der Waals surface area contributed by atoms with Crippen molar-refractivity contribution in [3.63, 3.8) is 0 Å². The van der Waals surface area contributed by atoms with Crippen LogP contribution in [-0.4, -0.2) is 78.5 Å². The zero-order chi connectivity index (χ0) is 26.5. The monoisotopic (exact) mass is 522 g/mol. The summed E-state index contributed by atoms with van der Waals surface area (Å²) in [5, 5.41) is 13.5. The number of halogens is 1. The van der Waals surface area contributed by atoms with Gasteiger partial charge in [0.1, 0.15) is 12.2 Å². The Morgan fingerprint density at radius 3 is 2.57 bits per heavy atom. The second-order valence-corrected chi connectivity index (χ2v) is 11.7. The van der Waals surface area contributed by atoms with Crippen LogP contribution in [0.4, 0.5) is 4.39 Å². The maximum absolute atomic E-state index is 13.6. The van der Waals surface area contributed by atoms with Crippen molar-refractivity contribution < 1.29 is 18.8 Å². The summed E-state index contributed by atoms with van der Waals surface area (Å²) in [5.74, 6) is 0.228. The molecule has 0 aromatic rings. The quantitative estimate of drug-likeness (QED) is 0.315. The maximum Gasteiger partial charge on any atom is 0.243 e. The predicted molar refractivity (Wildman–Crippen MR) is 141 cm³/mol. The zero-order valence-corrected chi connectivity index (χ0v) is 22.7. The van der Waals surface area contributed by atoms with E-state index in [1.165, 1.54) is 0 Å². The molecule has 4 unspecified atom stereocenters. The molecular formula is C27H47FN6O3. The van der Waals surface area contributed by atoms with Crippen molar-refractivity contribution in [2.75, 3.05) is 13.1 Å². The summed E-state index contributed by atoms with van der Waals surface area (Å²) < 4.78 is 13.6. The van der Waals surface area contributed by atoms with Crippen molar-refractivity contribution >= 4 is 11.8 Å². The van der Waals surface area contributed by atoms with Crippen molar-refractivity contribution in [2.24, 2.45) is 5.92 Å². The number of rotatable bonds is 9. The number of alkyl halides is 1. The van der Waals surface area contributed by atoms with Gasteiger partial charge in [-0.15, -0.1) is 0 Å². The number of carbonyl (C=O) groups is 2. The molecule has 4 rings (SSSR count). The first-order valence-corrected chi connectivity index (χ1v) is 14.3. The van der Waals surface area contributed by atoms with Crippen LogP contribution < -0.4 is 26.7 Å². The number of carbonyl (C=O) groups excluding carboxylic acids is 2. The smallest absolute Gasteiger partial charge is 0.243 e. The molecule has 2 amide bonds. The van der Waals surface area contributed by atoms with E-state index in [4.69, 9.17) is 4.84 Å². The molecule has 3 saturated heterocycles. The van der Waals surface area contributed by atoms with Crippen LogP contribution in [0.1, 0.15) is 78.6 Å². The van der Waals surface area contributed by atoms with Crippen molar-refractivity contribution in [1.82, 2.24) is 31.6 Å². The van der Waals surface area contributed by atoms with Crippen LogP contribution in [0.15, 0.2) is 12.3 Å². The Morgan fingerprint density at radius 1 is 1.14 bits per heavy atom. The Hall–Kier alpha value is -1.75. The molecule has 0 aromatic carbocycles. The highest BCUT2D eigenvalue weighted by atomic mass is 19.1. The third-order valence-electron chi connectivity index (χ3n) is 8.67. The lowest BCUT2D eigenvalue weighted by Crippen LogP contribution is -2.57. The number of piperidine rings is 1. The van der Waals surface area contributed by atoms with Gasteiger partial charge in [-0.25, -0.2) is 4.39 Å². The van der Waals surface area contributed by atoms with Crippen LogP contribution >= 0.6 is 0 Å². The number of hydroxylamine groups is 1. The normalized spacial score (nSPS) is 36.1. The third kappa shape index (κ3) is 7.43. The number of nitrogens with one attached hydrogen (secondary N) is 5. The molecule has 4 aliphatic rings. The van der Waals surface area contributed by atoms with Crippen molar-refractivity contribution in [1.29, 1.82) is 0 Å². The van der Waals surface area contributed by atoms with E-state index in [-0.39, 0.29) is 54.7 Å². The minimum atomic E-state index is -0.730. The van der Waals surface area contributed by atoms with Crippen LogP contribution in [0.5, 0.6) is 0 Å². The fourth-order valence-corrected chi connectivity index (χ4v) is 6.25. The van der Waals surface area contributed by atoms with E-state index in [1.807, 2.05) is 18.7 Å². The van der Waals surface area contributed by atoms with Gasteiger partial charge in [-0.3, -0.25) is 25.1 Å². The van der Waals surface area contributed by atoms with Crippen LogP contribution in [-0.2, 0) is 14.4 Å². The van der Waals surface area contributed by atoms with Gasteiger partial charge in [0.2, 0.25) is 11.8 Å². The standard InChI is InChI=1S/C27H47FN6O3/c1-16-7-5-6-12-34(16)25(35)14-23(30-18(3)22-13-17(2)37-33-22)27(36)31-19(4)26-29-15-24(32-26)20-8-10-21(28)11-9-20/h16-17,19-24,26,29-30,32-33H,3,5-15H2,1-2,4H3,(H,31,36)/t16-,17?,19-,20?,21?,22?,23-,24?,26?/m0/s1. The molecule has 1 saturated carbocycles. The summed E-state index contributed by atoms with van der Waals surface area (Å²) in [6.45, 7) is 11.7.